The van der Waals surface area contributed by atoms with Crippen LogP contribution in [0.25, 0.3) is 0 Å². The number of amides is 2. The molecule has 5 heteroatoms. The molecule has 1 heterocycles. The molecule has 0 spiro atoms. The third-order valence-corrected chi connectivity index (χ3v) is 5.23. The van der Waals surface area contributed by atoms with Gasteiger partial charge in [0.05, 0.1) is 0 Å². The maximum absolute atomic E-state index is 13.0. The Balaban J connectivity index is 1.70. The first-order chi connectivity index (χ1) is 13.5. The smallest absolute Gasteiger partial charge is 0.242 e. The third-order valence-electron chi connectivity index (χ3n) is 5.23. The molecule has 0 saturated carbocycles. The summed E-state index contributed by atoms with van der Waals surface area (Å²) in [7, 11) is 3.83. The van der Waals surface area contributed by atoms with E-state index in [1.54, 1.807) is 0 Å². The Kier molecular flexibility index (Phi) is 6.47. The number of likely N-dealkylation sites (N-methyl/N-ethyl adjacent to an activating group) is 1. The van der Waals surface area contributed by atoms with Crippen LogP contribution >= 0.6 is 0 Å². The lowest BCUT2D eigenvalue weighted by Crippen LogP contribution is -2.37. The number of carbonyl (C=O) groups is 2. The van der Waals surface area contributed by atoms with Crippen LogP contribution in [0.3, 0.4) is 0 Å². The summed E-state index contributed by atoms with van der Waals surface area (Å²) >= 11 is 0. The topological polar surface area (TPSA) is 52.7 Å². The van der Waals surface area contributed by atoms with Gasteiger partial charge in [-0.15, -0.1) is 0 Å². The van der Waals surface area contributed by atoms with E-state index in [1.807, 2.05) is 73.3 Å². The first-order valence-corrected chi connectivity index (χ1v) is 9.81. The molecule has 1 aliphatic rings. The number of carbonyl (C=O) groups excluding carboxylic acids is 2. The lowest BCUT2D eigenvalue weighted by Gasteiger charge is -2.25. The minimum absolute atomic E-state index is 0.0253. The largest absolute Gasteiger partial charge is 0.350 e. The van der Waals surface area contributed by atoms with Crippen molar-refractivity contribution in [3.05, 3.63) is 70.8 Å². The van der Waals surface area contributed by atoms with Crippen molar-refractivity contribution in [3.8, 4) is 0 Å². The highest BCUT2D eigenvalue weighted by molar-refractivity contribution is 5.83. The summed E-state index contributed by atoms with van der Waals surface area (Å²) in [4.78, 5) is 28.7. The Labute approximate surface area is 167 Å². The highest BCUT2D eigenvalue weighted by Gasteiger charge is 2.24. The van der Waals surface area contributed by atoms with Gasteiger partial charge in [0, 0.05) is 26.1 Å². The van der Waals surface area contributed by atoms with Crippen LogP contribution in [0.2, 0.25) is 0 Å². The van der Waals surface area contributed by atoms with Gasteiger partial charge in [0.1, 0.15) is 6.04 Å². The van der Waals surface area contributed by atoms with E-state index in [0.717, 1.165) is 35.2 Å². The number of hydrogen-bond donors (Lipinski definition) is 1. The summed E-state index contributed by atoms with van der Waals surface area (Å²) in [6.45, 7) is 3.91. The van der Waals surface area contributed by atoms with Gasteiger partial charge < -0.3 is 10.2 Å². The molecule has 1 saturated heterocycles. The van der Waals surface area contributed by atoms with Crippen molar-refractivity contribution in [2.75, 3.05) is 20.6 Å². The van der Waals surface area contributed by atoms with Crippen molar-refractivity contribution in [2.45, 2.75) is 38.9 Å². The van der Waals surface area contributed by atoms with Crippen molar-refractivity contribution in [3.63, 3.8) is 0 Å². The summed E-state index contributed by atoms with van der Waals surface area (Å²) in [6.07, 6.45) is 1.57. The minimum Gasteiger partial charge on any atom is -0.350 e. The lowest BCUT2D eigenvalue weighted by atomic mass is 10.0. The van der Waals surface area contributed by atoms with Crippen LogP contribution in [0.1, 0.15) is 41.1 Å². The van der Waals surface area contributed by atoms with Crippen LogP contribution < -0.4 is 5.32 Å². The van der Waals surface area contributed by atoms with Gasteiger partial charge in [0.2, 0.25) is 11.8 Å². The fraction of sp³-hybridized carbons (Fsp3) is 0.391. The van der Waals surface area contributed by atoms with E-state index in [0.29, 0.717) is 19.5 Å². The zero-order valence-corrected chi connectivity index (χ0v) is 16.9. The first kappa shape index (κ1) is 20.1. The summed E-state index contributed by atoms with van der Waals surface area (Å²) in [5, 5.41) is 3.09. The van der Waals surface area contributed by atoms with Crippen LogP contribution in [0.15, 0.2) is 48.5 Å². The van der Waals surface area contributed by atoms with Gasteiger partial charge in [-0.2, -0.15) is 0 Å². The van der Waals surface area contributed by atoms with Crippen LogP contribution in [0.4, 0.5) is 0 Å². The van der Waals surface area contributed by atoms with Gasteiger partial charge in [-0.05, 0) is 44.1 Å². The maximum Gasteiger partial charge on any atom is 0.242 e. The number of benzene rings is 2. The van der Waals surface area contributed by atoms with Gasteiger partial charge in [-0.25, -0.2) is 0 Å². The highest BCUT2D eigenvalue weighted by atomic mass is 16.2. The molecule has 1 aliphatic heterocycles. The number of aryl methyl sites for hydroxylation is 1. The van der Waals surface area contributed by atoms with Crippen LogP contribution in [-0.2, 0) is 22.7 Å². The minimum atomic E-state index is -0.341. The molecule has 3 rings (SSSR count). The molecule has 2 aromatic carbocycles. The third kappa shape index (κ3) is 4.78. The summed E-state index contributed by atoms with van der Waals surface area (Å²) in [6, 6.07) is 15.7. The molecular weight excluding hydrogens is 350 g/mol. The molecule has 0 radical (unpaired) electrons. The number of likely N-dealkylation sites (tertiary alicyclic amines) is 1. The molecule has 1 N–H and O–H groups in total. The Morgan fingerprint density at radius 3 is 2.54 bits per heavy atom. The second kappa shape index (κ2) is 9.02. The second-order valence-electron chi connectivity index (χ2n) is 7.69. The van der Waals surface area contributed by atoms with E-state index < -0.39 is 0 Å². The number of rotatable bonds is 7. The van der Waals surface area contributed by atoms with Crippen molar-refractivity contribution in [2.24, 2.45) is 0 Å². The molecule has 1 atom stereocenters. The molecule has 0 aliphatic carbocycles. The van der Waals surface area contributed by atoms with Crippen LogP contribution in [0, 0.1) is 6.92 Å². The average Bonchev–Trinajstić information content (AvgIpc) is 3.05. The van der Waals surface area contributed by atoms with Crippen molar-refractivity contribution in [1.29, 1.82) is 0 Å². The van der Waals surface area contributed by atoms with Crippen molar-refractivity contribution in [1.82, 2.24) is 15.1 Å². The standard InChI is InChI=1S/C23H29N3O2/c1-17-8-6-11-18(14-17)22(25(2)3)23(28)24-15-19-9-4-5-10-20(19)16-26-13-7-12-21(26)27/h4-6,8-11,14,22H,7,12-13,15-16H2,1-3H3,(H,24,28)/t22-/m0/s1. The van der Waals surface area contributed by atoms with Gasteiger partial charge in [0.15, 0.2) is 0 Å². The lowest BCUT2D eigenvalue weighted by molar-refractivity contribution is -0.128. The van der Waals surface area contributed by atoms with Gasteiger partial charge in [0.25, 0.3) is 0 Å². The van der Waals surface area contributed by atoms with Gasteiger partial charge in [-0.3, -0.25) is 14.5 Å². The highest BCUT2D eigenvalue weighted by Crippen LogP contribution is 2.21. The summed E-state index contributed by atoms with van der Waals surface area (Å²) in [5.74, 6) is 0.189. The second-order valence-corrected chi connectivity index (χ2v) is 7.69. The van der Waals surface area contributed by atoms with E-state index in [9.17, 15) is 9.59 Å². The van der Waals surface area contributed by atoms with Crippen LogP contribution in [0.5, 0.6) is 0 Å². The quantitative estimate of drug-likeness (QED) is 0.805. The maximum atomic E-state index is 13.0. The molecule has 28 heavy (non-hydrogen) atoms. The molecule has 148 valence electrons. The Bertz CT molecular complexity index is 847. The SMILES string of the molecule is Cc1cccc([C@@H](C(=O)NCc2ccccc2CN2CCCC2=O)N(C)C)c1. The van der Waals surface area contributed by atoms with Crippen molar-refractivity contribution < 1.29 is 9.59 Å². The zero-order chi connectivity index (χ0) is 20.1. The fourth-order valence-electron chi connectivity index (χ4n) is 3.76. The predicted molar refractivity (Wildman–Crippen MR) is 111 cm³/mol. The average molecular weight is 380 g/mol. The molecule has 0 unspecified atom stereocenters. The Hall–Kier alpha value is -2.66. The summed E-state index contributed by atoms with van der Waals surface area (Å²) < 4.78 is 0. The van der Waals surface area contributed by atoms with Gasteiger partial charge in [-0.1, -0.05) is 54.1 Å². The molecular formula is C23H29N3O2. The molecule has 2 aromatic rings. The van der Waals surface area contributed by atoms with E-state index >= 15 is 0 Å². The molecule has 2 amide bonds. The zero-order valence-electron chi connectivity index (χ0n) is 16.9. The first-order valence-electron chi connectivity index (χ1n) is 9.81. The van der Waals surface area contributed by atoms with Crippen molar-refractivity contribution >= 4 is 11.8 Å². The molecule has 0 bridgehead atoms. The molecule has 0 aromatic heterocycles. The fourth-order valence-corrected chi connectivity index (χ4v) is 3.76. The molecule has 1 fully saturated rings. The monoisotopic (exact) mass is 379 g/mol. The van der Waals surface area contributed by atoms with E-state index in [4.69, 9.17) is 0 Å². The molecule has 5 nitrogen and oxygen atoms in total. The Morgan fingerprint density at radius 1 is 1.14 bits per heavy atom. The van der Waals surface area contributed by atoms with E-state index in [2.05, 4.69) is 11.4 Å². The number of nitrogens with one attached hydrogen (secondary N) is 1. The normalized spacial score (nSPS) is 15.1. The van der Waals surface area contributed by atoms with Gasteiger partial charge >= 0.3 is 0 Å². The van der Waals surface area contributed by atoms with E-state index in [1.165, 1.54) is 0 Å². The Morgan fingerprint density at radius 2 is 1.89 bits per heavy atom. The van der Waals surface area contributed by atoms with Crippen LogP contribution in [-0.4, -0.2) is 42.3 Å². The summed E-state index contributed by atoms with van der Waals surface area (Å²) in [5.41, 5.74) is 4.27. The number of nitrogens with zero attached hydrogens (tertiary/aromatic N) is 2. The number of hydrogen-bond acceptors (Lipinski definition) is 3. The van der Waals surface area contributed by atoms with E-state index in [-0.39, 0.29) is 17.9 Å². The predicted octanol–water partition coefficient (Wildman–Crippen LogP) is 3.04.